The molecule has 54 heavy (non-hydrogen) atoms. The summed E-state index contributed by atoms with van der Waals surface area (Å²) < 4.78 is 71.0. The number of H-pyrrole nitrogens is 2. The molecule has 8 heterocycles. The fourth-order valence-electron chi connectivity index (χ4n) is 6.54. The predicted octanol–water partition coefficient (Wildman–Crippen LogP) is 5.55. The number of hydrogen-bond donors (Lipinski definition) is 6. The van der Waals surface area contributed by atoms with Crippen LogP contribution in [0, 0.1) is 13.8 Å². The van der Waals surface area contributed by atoms with E-state index in [1.807, 2.05) is 26.0 Å². The molecule has 2 unspecified atom stereocenters. The van der Waals surface area contributed by atoms with Crippen molar-refractivity contribution in [3.8, 4) is 11.8 Å². The normalized spacial score (nSPS) is 19.3. The molecule has 6 aromatic rings. The summed E-state index contributed by atoms with van der Waals surface area (Å²) >= 11 is 0. The van der Waals surface area contributed by atoms with Gasteiger partial charge in [0.15, 0.2) is 0 Å². The molecule has 288 valence electrons. The minimum Gasteiger partial charge on any atom is -0.477 e. The molecule has 16 nitrogen and oxygen atoms in total. The van der Waals surface area contributed by atoms with Gasteiger partial charge in [-0.2, -0.15) is 30.1 Å². The predicted molar refractivity (Wildman–Crippen MR) is 194 cm³/mol. The maximum atomic E-state index is 14.3. The highest BCUT2D eigenvalue weighted by atomic mass is 19.3. The van der Waals surface area contributed by atoms with E-state index in [1.165, 1.54) is 21.8 Å². The highest BCUT2D eigenvalue weighted by molar-refractivity contribution is 5.83. The van der Waals surface area contributed by atoms with Crippen LogP contribution >= 0.6 is 0 Å². The maximum Gasteiger partial charge on any atom is 0.272 e. The molecule has 0 spiro atoms. The van der Waals surface area contributed by atoms with Gasteiger partial charge >= 0.3 is 0 Å². The van der Waals surface area contributed by atoms with Crippen LogP contribution in [-0.4, -0.2) is 101 Å². The maximum absolute atomic E-state index is 14.3. The molecule has 0 aromatic carbocycles. The molecule has 2 aliphatic heterocycles. The summed E-state index contributed by atoms with van der Waals surface area (Å²) in [5.74, 6) is -4.07. The molecule has 0 bridgehead atoms. The Morgan fingerprint density at radius 1 is 0.704 bits per heavy atom. The van der Waals surface area contributed by atoms with E-state index >= 15 is 0 Å². The first kappa shape index (κ1) is 36.8. The second kappa shape index (κ2) is 15.1. The fraction of sp³-hybridized carbons (Fsp3) is 0.471. The Morgan fingerprint density at radius 2 is 1.13 bits per heavy atom. The molecule has 0 radical (unpaired) electrons. The molecular formula is C34H42F4N14O2. The Balaban J connectivity index is 0.000000167. The highest BCUT2D eigenvalue weighted by Gasteiger charge is 2.45. The topological polar surface area (TPSA) is 185 Å². The van der Waals surface area contributed by atoms with Crippen LogP contribution in [0.2, 0.25) is 0 Å². The van der Waals surface area contributed by atoms with Crippen molar-refractivity contribution in [1.82, 2.24) is 60.1 Å². The molecule has 6 N–H and O–H groups in total. The van der Waals surface area contributed by atoms with E-state index in [-0.39, 0.29) is 25.9 Å². The van der Waals surface area contributed by atoms with Gasteiger partial charge in [-0.15, -0.1) is 0 Å². The minimum atomic E-state index is -2.80. The zero-order valence-electron chi connectivity index (χ0n) is 30.2. The lowest BCUT2D eigenvalue weighted by atomic mass is 10.0. The van der Waals surface area contributed by atoms with Crippen LogP contribution < -0.4 is 30.7 Å². The average molecular weight is 755 g/mol. The second-order valence-electron chi connectivity index (χ2n) is 12.9. The van der Waals surface area contributed by atoms with Gasteiger partial charge in [-0.25, -0.2) is 17.6 Å². The molecule has 0 saturated carbocycles. The van der Waals surface area contributed by atoms with Gasteiger partial charge in [-0.05, 0) is 39.8 Å². The summed E-state index contributed by atoms with van der Waals surface area (Å²) in [6.07, 6.45) is 6.14. The smallest absolute Gasteiger partial charge is 0.272 e. The van der Waals surface area contributed by atoms with E-state index in [9.17, 15) is 17.6 Å². The van der Waals surface area contributed by atoms with Gasteiger partial charge in [0.25, 0.3) is 11.8 Å². The third-order valence-corrected chi connectivity index (χ3v) is 9.42. The summed E-state index contributed by atoms with van der Waals surface area (Å²) in [5, 5.41) is 22.1. The fourth-order valence-corrected chi connectivity index (χ4v) is 6.54. The van der Waals surface area contributed by atoms with Crippen LogP contribution in [0.25, 0.3) is 22.1 Å². The van der Waals surface area contributed by atoms with Gasteiger partial charge in [0, 0.05) is 51.4 Å². The molecule has 8 rings (SSSR count). The van der Waals surface area contributed by atoms with Crippen LogP contribution in [-0.2, 0) is 0 Å². The Bertz CT molecular complexity index is 2060. The van der Waals surface area contributed by atoms with Gasteiger partial charge in [0.05, 0.1) is 59.1 Å². The van der Waals surface area contributed by atoms with Crippen LogP contribution in [0.15, 0.2) is 36.9 Å². The van der Waals surface area contributed by atoms with Crippen molar-refractivity contribution < 1.29 is 27.0 Å². The number of rotatable bonds is 10. The van der Waals surface area contributed by atoms with Crippen molar-refractivity contribution in [3.63, 3.8) is 0 Å². The number of piperidine rings is 2. The molecule has 2 fully saturated rings. The zero-order chi connectivity index (χ0) is 38.0. The summed E-state index contributed by atoms with van der Waals surface area (Å²) in [5.41, 5.74) is 3.59. The standard InChI is InChI=1S/2C17H21F2N7O/c2*1-3-27-15-11-4-6-21-14(11)24-16(25-15)23-12-8-22-26(10(12)2)13-9-20-7-5-17(13,18)19/h2*4,6,8,13,20H,3,5,7,9H2,1-2H3,(H2,21,23,24,25). The summed E-state index contributed by atoms with van der Waals surface area (Å²) in [6, 6.07) is 1.64. The Kier molecular flexibility index (Phi) is 10.3. The number of aromatic nitrogens is 10. The molecule has 2 atom stereocenters. The van der Waals surface area contributed by atoms with Crippen LogP contribution in [0.5, 0.6) is 11.8 Å². The summed E-state index contributed by atoms with van der Waals surface area (Å²) in [7, 11) is 0. The lowest BCUT2D eigenvalue weighted by molar-refractivity contribution is -0.0756. The zero-order valence-corrected chi connectivity index (χ0v) is 30.2. The average Bonchev–Trinajstić information content (AvgIpc) is 3.95. The Morgan fingerprint density at radius 3 is 1.52 bits per heavy atom. The summed E-state index contributed by atoms with van der Waals surface area (Å²) in [6.45, 7) is 9.14. The first-order valence-corrected chi connectivity index (χ1v) is 17.7. The molecule has 20 heteroatoms. The van der Waals surface area contributed by atoms with Crippen LogP contribution in [0.3, 0.4) is 0 Å². The number of anilines is 4. The molecular weight excluding hydrogens is 712 g/mol. The van der Waals surface area contributed by atoms with E-state index in [4.69, 9.17) is 9.47 Å². The molecule has 0 aliphatic carbocycles. The van der Waals surface area contributed by atoms with E-state index in [2.05, 4.69) is 61.4 Å². The number of alkyl halides is 4. The van der Waals surface area contributed by atoms with Gasteiger partial charge in [-0.1, -0.05) is 0 Å². The molecule has 6 aromatic heterocycles. The number of hydrogen-bond acceptors (Lipinski definition) is 12. The van der Waals surface area contributed by atoms with Crippen molar-refractivity contribution >= 4 is 45.3 Å². The number of halogens is 4. The first-order valence-electron chi connectivity index (χ1n) is 17.7. The third-order valence-electron chi connectivity index (χ3n) is 9.42. The quantitative estimate of drug-likeness (QED) is 0.0960. The SMILES string of the molecule is CCOc1nc(Nc2cnn(C3CNCCC3(F)F)c2C)nc2[nH]ccc12.CCOc1nc(Nc2cnn(C3CNCCC3(F)F)c2C)nc2[nH]ccc12. The first-order chi connectivity index (χ1) is 26.0. The van der Waals surface area contributed by atoms with Crippen molar-refractivity contribution in [1.29, 1.82) is 0 Å². The number of nitrogens with one attached hydrogen (secondary N) is 6. The number of ether oxygens (including phenoxy) is 2. The van der Waals surface area contributed by atoms with Gasteiger partial charge in [0.2, 0.25) is 23.7 Å². The van der Waals surface area contributed by atoms with Crippen LogP contribution in [0.4, 0.5) is 40.8 Å². The molecule has 0 amide bonds. The lowest BCUT2D eigenvalue weighted by Crippen LogP contribution is -2.46. The van der Waals surface area contributed by atoms with Crippen molar-refractivity contribution in [2.45, 2.75) is 64.5 Å². The molecule has 2 saturated heterocycles. The highest BCUT2D eigenvalue weighted by Crippen LogP contribution is 2.37. The Hall–Kier alpha value is -5.50. The van der Waals surface area contributed by atoms with Crippen molar-refractivity contribution in [2.24, 2.45) is 0 Å². The van der Waals surface area contributed by atoms with E-state index < -0.39 is 23.9 Å². The second-order valence-corrected chi connectivity index (χ2v) is 12.9. The number of fused-ring (bicyclic) bond motifs is 2. The largest absolute Gasteiger partial charge is 0.477 e. The Labute approximate surface area is 306 Å². The van der Waals surface area contributed by atoms with E-state index in [0.29, 0.717) is 84.0 Å². The third kappa shape index (κ3) is 7.34. The van der Waals surface area contributed by atoms with Crippen molar-refractivity contribution in [3.05, 3.63) is 48.3 Å². The summed E-state index contributed by atoms with van der Waals surface area (Å²) in [4.78, 5) is 23.6. The molecule has 2 aliphatic rings. The van der Waals surface area contributed by atoms with Gasteiger partial charge in [-0.3, -0.25) is 9.36 Å². The number of aromatic amines is 2. The van der Waals surface area contributed by atoms with Gasteiger partial charge < -0.3 is 40.7 Å². The number of nitrogens with zero attached hydrogens (tertiary/aromatic N) is 8. The van der Waals surface area contributed by atoms with Crippen LogP contribution in [0.1, 0.15) is 50.2 Å². The monoisotopic (exact) mass is 754 g/mol. The van der Waals surface area contributed by atoms with E-state index in [0.717, 1.165) is 10.8 Å². The van der Waals surface area contributed by atoms with Crippen molar-refractivity contribution in [2.75, 3.05) is 50.0 Å². The lowest BCUT2D eigenvalue weighted by Gasteiger charge is -2.32. The van der Waals surface area contributed by atoms with E-state index in [1.54, 1.807) is 26.2 Å². The van der Waals surface area contributed by atoms with Gasteiger partial charge in [0.1, 0.15) is 23.4 Å². The minimum absolute atomic E-state index is 0.175.